The van der Waals surface area contributed by atoms with Crippen molar-refractivity contribution in [3.05, 3.63) is 34.1 Å². The van der Waals surface area contributed by atoms with Crippen LogP contribution in [0.15, 0.2) is 22.7 Å². The molecule has 2 atom stereocenters. The maximum absolute atomic E-state index is 13.0. The molecule has 0 aliphatic heterocycles. The van der Waals surface area contributed by atoms with Gasteiger partial charge in [-0.15, -0.1) is 0 Å². The largest absolute Gasteiger partial charge is 0.330 e. The van der Waals surface area contributed by atoms with E-state index in [9.17, 15) is 4.39 Å². The van der Waals surface area contributed by atoms with Gasteiger partial charge in [-0.25, -0.2) is 4.39 Å². The molecule has 0 aliphatic carbocycles. The molecule has 0 spiro atoms. The summed E-state index contributed by atoms with van der Waals surface area (Å²) in [5.41, 5.74) is 6.63. The summed E-state index contributed by atoms with van der Waals surface area (Å²) in [6.45, 7) is 4.95. The van der Waals surface area contributed by atoms with Crippen LogP contribution in [0.3, 0.4) is 0 Å². The molecule has 0 fully saturated rings. The van der Waals surface area contributed by atoms with Crippen molar-refractivity contribution in [2.45, 2.75) is 20.3 Å². The predicted octanol–water partition coefficient (Wildman–Crippen LogP) is 3.36. The van der Waals surface area contributed by atoms with Gasteiger partial charge in [-0.1, -0.05) is 29.8 Å². The summed E-state index contributed by atoms with van der Waals surface area (Å²) in [6, 6.07) is 4.80. The molecule has 0 heterocycles. The quantitative estimate of drug-likeness (QED) is 0.895. The van der Waals surface area contributed by atoms with E-state index >= 15 is 0 Å². The highest BCUT2D eigenvalue weighted by molar-refractivity contribution is 9.10. The van der Waals surface area contributed by atoms with Gasteiger partial charge in [0.25, 0.3) is 0 Å². The predicted molar refractivity (Wildman–Crippen MR) is 65.2 cm³/mol. The molecule has 1 rings (SSSR count). The summed E-state index contributed by atoms with van der Waals surface area (Å²) in [5.74, 6) is 0.745. The molecule has 0 aliphatic rings. The number of hydrogen-bond acceptors (Lipinski definition) is 1. The maximum atomic E-state index is 13.0. The molecule has 2 N–H and O–H groups in total. The van der Waals surface area contributed by atoms with Gasteiger partial charge >= 0.3 is 0 Å². The zero-order valence-corrected chi connectivity index (χ0v) is 10.7. The minimum atomic E-state index is -0.180. The number of rotatable bonds is 4. The van der Waals surface area contributed by atoms with Gasteiger partial charge in [0.15, 0.2) is 0 Å². The van der Waals surface area contributed by atoms with Crippen LogP contribution in [0.2, 0.25) is 0 Å². The Morgan fingerprint density at radius 2 is 2.00 bits per heavy atom. The van der Waals surface area contributed by atoms with Crippen LogP contribution >= 0.6 is 15.9 Å². The van der Waals surface area contributed by atoms with E-state index in [1.165, 1.54) is 6.07 Å². The molecule has 0 saturated carbocycles. The van der Waals surface area contributed by atoms with Crippen molar-refractivity contribution in [2.75, 3.05) is 6.54 Å². The average molecular weight is 274 g/mol. The van der Waals surface area contributed by atoms with E-state index in [1.807, 2.05) is 0 Å². The molecule has 1 aromatic rings. The minimum Gasteiger partial charge on any atom is -0.330 e. The Bertz CT molecular complexity index is 327. The van der Waals surface area contributed by atoms with Crippen molar-refractivity contribution in [3.8, 4) is 0 Å². The first-order valence-corrected chi connectivity index (χ1v) is 5.98. The van der Waals surface area contributed by atoms with Crippen LogP contribution in [0.25, 0.3) is 0 Å². The highest BCUT2D eigenvalue weighted by Crippen LogP contribution is 2.23. The van der Waals surface area contributed by atoms with Crippen LogP contribution < -0.4 is 5.73 Å². The number of benzene rings is 1. The third-order valence-corrected chi connectivity index (χ3v) is 3.67. The van der Waals surface area contributed by atoms with Gasteiger partial charge in [0.1, 0.15) is 5.82 Å². The van der Waals surface area contributed by atoms with Crippen molar-refractivity contribution in [1.82, 2.24) is 0 Å². The van der Waals surface area contributed by atoms with E-state index in [4.69, 9.17) is 5.73 Å². The molecule has 0 amide bonds. The lowest BCUT2D eigenvalue weighted by Crippen LogP contribution is -2.20. The van der Waals surface area contributed by atoms with Crippen LogP contribution in [-0.4, -0.2) is 6.54 Å². The van der Waals surface area contributed by atoms with E-state index in [0.29, 0.717) is 18.4 Å². The summed E-state index contributed by atoms with van der Waals surface area (Å²) in [7, 11) is 0. The summed E-state index contributed by atoms with van der Waals surface area (Å²) < 4.78 is 14.0. The fraction of sp³-hybridized carbons (Fsp3) is 0.500. The molecule has 0 saturated heterocycles. The summed E-state index contributed by atoms with van der Waals surface area (Å²) in [4.78, 5) is 0. The molecule has 1 nitrogen and oxygen atoms in total. The molecule has 84 valence electrons. The van der Waals surface area contributed by atoms with Crippen molar-refractivity contribution < 1.29 is 4.39 Å². The third kappa shape index (κ3) is 3.58. The van der Waals surface area contributed by atoms with E-state index in [0.717, 1.165) is 16.5 Å². The first-order valence-electron chi connectivity index (χ1n) is 5.18. The standard InChI is InChI=1S/C12H17BrFN/c1-8(9(2)7-15)5-10-6-11(14)3-4-12(10)13/h3-4,6,8-9H,5,7,15H2,1-2H3. The zero-order valence-electron chi connectivity index (χ0n) is 9.13. The Labute approximate surface area is 99.0 Å². The van der Waals surface area contributed by atoms with Crippen LogP contribution in [0.4, 0.5) is 4.39 Å². The number of nitrogens with two attached hydrogens (primary N) is 1. The molecule has 15 heavy (non-hydrogen) atoms. The third-order valence-electron chi connectivity index (χ3n) is 2.89. The van der Waals surface area contributed by atoms with Gasteiger partial charge in [0.05, 0.1) is 0 Å². The Morgan fingerprint density at radius 3 is 2.60 bits per heavy atom. The van der Waals surface area contributed by atoms with Crippen molar-refractivity contribution >= 4 is 15.9 Å². The number of halogens is 2. The average Bonchev–Trinajstić information content (AvgIpc) is 2.22. The summed E-state index contributed by atoms with van der Waals surface area (Å²) >= 11 is 3.43. The molecule has 0 bridgehead atoms. The fourth-order valence-electron chi connectivity index (χ4n) is 1.48. The Morgan fingerprint density at radius 1 is 1.33 bits per heavy atom. The smallest absolute Gasteiger partial charge is 0.123 e. The second kappa shape index (κ2) is 5.61. The number of hydrogen-bond donors (Lipinski definition) is 1. The normalized spacial score (nSPS) is 15.0. The molecular weight excluding hydrogens is 257 g/mol. The second-order valence-corrected chi connectivity index (χ2v) is 4.98. The van der Waals surface area contributed by atoms with E-state index in [1.54, 1.807) is 12.1 Å². The first kappa shape index (κ1) is 12.7. The van der Waals surface area contributed by atoms with E-state index in [2.05, 4.69) is 29.8 Å². The van der Waals surface area contributed by atoms with Gasteiger partial charge in [-0.2, -0.15) is 0 Å². The van der Waals surface area contributed by atoms with Gasteiger partial charge in [0, 0.05) is 4.47 Å². The van der Waals surface area contributed by atoms with Crippen LogP contribution in [0.5, 0.6) is 0 Å². The molecule has 1 aromatic carbocycles. The van der Waals surface area contributed by atoms with Crippen LogP contribution in [0.1, 0.15) is 19.4 Å². The van der Waals surface area contributed by atoms with E-state index < -0.39 is 0 Å². The monoisotopic (exact) mass is 273 g/mol. The summed E-state index contributed by atoms with van der Waals surface area (Å²) in [5, 5.41) is 0. The van der Waals surface area contributed by atoms with Gasteiger partial charge in [0.2, 0.25) is 0 Å². The highest BCUT2D eigenvalue weighted by Gasteiger charge is 2.13. The first-order chi connectivity index (χ1) is 7.04. The molecule has 0 radical (unpaired) electrons. The zero-order chi connectivity index (χ0) is 11.4. The Balaban J connectivity index is 2.75. The Hall–Kier alpha value is -0.410. The Kier molecular flexibility index (Phi) is 4.74. The minimum absolute atomic E-state index is 0.180. The van der Waals surface area contributed by atoms with Crippen molar-refractivity contribution in [2.24, 2.45) is 17.6 Å². The maximum Gasteiger partial charge on any atom is 0.123 e. The SMILES string of the molecule is CC(CN)C(C)Cc1cc(F)ccc1Br. The van der Waals surface area contributed by atoms with Gasteiger partial charge in [-0.05, 0) is 48.6 Å². The lowest BCUT2D eigenvalue weighted by atomic mass is 9.90. The van der Waals surface area contributed by atoms with Gasteiger partial charge in [-0.3, -0.25) is 0 Å². The summed E-state index contributed by atoms with van der Waals surface area (Å²) in [6.07, 6.45) is 0.858. The van der Waals surface area contributed by atoms with Crippen LogP contribution in [-0.2, 0) is 6.42 Å². The highest BCUT2D eigenvalue weighted by atomic mass is 79.9. The topological polar surface area (TPSA) is 26.0 Å². The van der Waals surface area contributed by atoms with Gasteiger partial charge < -0.3 is 5.73 Å². The van der Waals surface area contributed by atoms with Crippen molar-refractivity contribution in [3.63, 3.8) is 0 Å². The lowest BCUT2D eigenvalue weighted by Gasteiger charge is -2.18. The lowest BCUT2D eigenvalue weighted by molar-refractivity contribution is 0.393. The van der Waals surface area contributed by atoms with Crippen LogP contribution in [0, 0.1) is 17.7 Å². The fourth-order valence-corrected chi connectivity index (χ4v) is 1.89. The van der Waals surface area contributed by atoms with Crippen molar-refractivity contribution in [1.29, 1.82) is 0 Å². The molecular formula is C12H17BrFN. The molecule has 3 heteroatoms. The second-order valence-electron chi connectivity index (χ2n) is 4.13. The molecule has 2 unspecified atom stereocenters. The van der Waals surface area contributed by atoms with E-state index in [-0.39, 0.29) is 5.82 Å². The molecule has 0 aromatic heterocycles.